The minimum absolute atomic E-state index is 0.240. The third kappa shape index (κ3) is 3.68. The largest absolute Gasteiger partial charge is 0.451 e. The number of nitrogens with zero attached hydrogens (tertiary/aromatic N) is 1. The van der Waals surface area contributed by atoms with Crippen molar-refractivity contribution < 1.29 is 18.0 Å². The Bertz CT molecular complexity index is 698. The normalized spacial score (nSPS) is 18.6. The highest BCUT2D eigenvalue weighted by molar-refractivity contribution is 6.30. The van der Waals surface area contributed by atoms with Gasteiger partial charge in [-0.15, -0.1) is 5.06 Å². The molecule has 1 atom stereocenters. The van der Waals surface area contributed by atoms with E-state index in [2.05, 4.69) is 0 Å². The third-order valence-electron chi connectivity index (χ3n) is 3.51. The monoisotopic (exact) mass is 339 g/mol. The van der Waals surface area contributed by atoms with Crippen molar-refractivity contribution in [2.75, 3.05) is 0 Å². The number of hydrogen-bond donors (Lipinski definition) is 0. The molecule has 1 unspecified atom stereocenters. The molecule has 0 spiro atoms. The molecule has 0 N–H and O–H groups in total. The van der Waals surface area contributed by atoms with Gasteiger partial charge in [-0.2, -0.15) is 13.2 Å². The number of hydrogen-bond acceptors (Lipinski definition) is 2. The summed E-state index contributed by atoms with van der Waals surface area (Å²) < 4.78 is 39.0. The van der Waals surface area contributed by atoms with E-state index in [9.17, 15) is 13.2 Å². The molecular weight excluding hydrogens is 327 g/mol. The van der Waals surface area contributed by atoms with Crippen LogP contribution in [0.5, 0.6) is 0 Å². The van der Waals surface area contributed by atoms with Gasteiger partial charge in [0.15, 0.2) is 0 Å². The molecule has 1 aliphatic heterocycles. The van der Waals surface area contributed by atoms with Crippen LogP contribution >= 0.6 is 11.6 Å². The first-order valence-electron chi connectivity index (χ1n) is 6.96. The molecule has 0 aromatic heterocycles. The topological polar surface area (TPSA) is 12.5 Å². The van der Waals surface area contributed by atoms with E-state index < -0.39 is 18.0 Å². The summed E-state index contributed by atoms with van der Waals surface area (Å²) in [7, 11) is 0. The quantitative estimate of drug-likeness (QED) is 0.755. The molecule has 0 saturated carbocycles. The van der Waals surface area contributed by atoms with Crippen LogP contribution in [0.2, 0.25) is 5.02 Å². The van der Waals surface area contributed by atoms with Gasteiger partial charge in [0, 0.05) is 5.02 Å². The Hall–Kier alpha value is -1.98. The van der Waals surface area contributed by atoms with Gasteiger partial charge in [0.1, 0.15) is 0 Å². The maximum atomic E-state index is 13.0. The second-order valence-electron chi connectivity index (χ2n) is 5.18. The van der Waals surface area contributed by atoms with Gasteiger partial charge in [0.05, 0.1) is 12.6 Å². The summed E-state index contributed by atoms with van der Waals surface area (Å²) in [5.74, 6) is -0.992. The fourth-order valence-corrected chi connectivity index (χ4v) is 2.53. The Morgan fingerprint density at radius 3 is 2.26 bits per heavy atom. The number of rotatable bonds is 3. The van der Waals surface area contributed by atoms with Crippen LogP contribution in [-0.4, -0.2) is 11.2 Å². The highest BCUT2D eigenvalue weighted by Crippen LogP contribution is 2.39. The summed E-state index contributed by atoms with van der Waals surface area (Å²) in [6.07, 6.45) is -3.43. The summed E-state index contributed by atoms with van der Waals surface area (Å²) >= 11 is 5.85. The molecule has 120 valence electrons. The van der Waals surface area contributed by atoms with E-state index in [1.54, 1.807) is 24.3 Å². The van der Waals surface area contributed by atoms with Crippen molar-refractivity contribution in [1.29, 1.82) is 0 Å². The molecule has 0 bridgehead atoms. The second-order valence-corrected chi connectivity index (χ2v) is 5.61. The molecule has 1 heterocycles. The first kappa shape index (κ1) is 15.9. The molecule has 0 amide bonds. The Balaban J connectivity index is 1.89. The molecule has 6 heteroatoms. The van der Waals surface area contributed by atoms with Crippen LogP contribution < -0.4 is 0 Å². The smallest absolute Gasteiger partial charge is 0.400 e. The third-order valence-corrected chi connectivity index (χ3v) is 3.76. The Morgan fingerprint density at radius 1 is 1.00 bits per heavy atom. The van der Waals surface area contributed by atoms with Gasteiger partial charge in [-0.3, -0.25) is 0 Å². The molecular formula is C17H13ClF3NO. The van der Waals surface area contributed by atoms with Crippen LogP contribution in [-0.2, 0) is 11.4 Å². The Morgan fingerprint density at radius 2 is 1.65 bits per heavy atom. The van der Waals surface area contributed by atoms with Crippen molar-refractivity contribution in [2.24, 2.45) is 0 Å². The van der Waals surface area contributed by atoms with Gasteiger partial charge < -0.3 is 4.84 Å². The first-order valence-corrected chi connectivity index (χ1v) is 7.34. The van der Waals surface area contributed by atoms with Crippen molar-refractivity contribution in [3.05, 3.63) is 82.6 Å². The van der Waals surface area contributed by atoms with Crippen LogP contribution in [0.25, 0.3) is 0 Å². The summed E-state index contributed by atoms with van der Waals surface area (Å²) in [4.78, 5) is 5.06. The Kier molecular flexibility index (Phi) is 4.33. The minimum Gasteiger partial charge on any atom is -0.400 e. The summed E-state index contributed by atoms with van der Waals surface area (Å²) in [5, 5.41) is 1.85. The lowest BCUT2D eigenvalue weighted by molar-refractivity contribution is -0.200. The number of benzene rings is 2. The van der Waals surface area contributed by atoms with E-state index >= 15 is 0 Å². The van der Waals surface area contributed by atoms with Crippen molar-refractivity contribution in [2.45, 2.75) is 18.8 Å². The maximum Gasteiger partial charge on any atom is 0.451 e. The van der Waals surface area contributed by atoms with Gasteiger partial charge in [-0.1, -0.05) is 54.1 Å². The molecule has 23 heavy (non-hydrogen) atoms. The molecule has 2 aromatic carbocycles. The Labute approximate surface area is 136 Å². The SMILES string of the molecule is FC(F)(F)C1=CC(c2ccc(Cl)cc2)N(Cc2ccccc2)O1. The number of allylic oxidation sites excluding steroid dienone is 1. The highest BCUT2D eigenvalue weighted by Gasteiger charge is 2.43. The lowest BCUT2D eigenvalue weighted by atomic mass is 10.1. The van der Waals surface area contributed by atoms with Crippen LogP contribution in [0, 0.1) is 0 Å². The minimum atomic E-state index is -4.52. The van der Waals surface area contributed by atoms with Crippen LogP contribution in [0.1, 0.15) is 17.2 Å². The van der Waals surface area contributed by atoms with Crippen LogP contribution in [0.3, 0.4) is 0 Å². The lowest BCUT2D eigenvalue weighted by Gasteiger charge is -2.23. The highest BCUT2D eigenvalue weighted by atomic mass is 35.5. The van der Waals surface area contributed by atoms with Gasteiger partial charge in [-0.25, -0.2) is 0 Å². The van der Waals surface area contributed by atoms with Crippen molar-refractivity contribution >= 4 is 11.6 Å². The summed E-state index contributed by atoms with van der Waals surface area (Å²) in [5.41, 5.74) is 1.55. The molecule has 0 radical (unpaired) electrons. The van der Waals surface area contributed by atoms with E-state index in [1.165, 1.54) is 5.06 Å². The van der Waals surface area contributed by atoms with Crippen LogP contribution in [0.4, 0.5) is 13.2 Å². The van der Waals surface area contributed by atoms with E-state index in [0.29, 0.717) is 10.6 Å². The zero-order valence-corrected chi connectivity index (χ0v) is 12.7. The standard InChI is InChI=1S/C17H13ClF3NO/c18-14-8-6-13(7-9-14)15-10-16(17(19,20)21)23-22(15)11-12-4-2-1-3-5-12/h1-10,15H,11H2. The average Bonchev–Trinajstić information content (AvgIpc) is 2.93. The van der Waals surface area contributed by atoms with Crippen molar-refractivity contribution in [3.8, 4) is 0 Å². The maximum absolute atomic E-state index is 13.0. The van der Waals surface area contributed by atoms with Gasteiger partial charge >= 0.3 is 6.18 Å². The fraction of sp³-hybridized carbons (Fsp3) is 0.176. The molecule has 0 saturated heterocycles. The average molecular weight is 340 g/mol. The molecule has 0 aliphatic carbocycles. The number of alkyl halides is 3. The zero-order chi connectivity index (χ0) is 16.4. The van der Waals surface area contributed by atoms with E-state index in [0.717, 1.165) is 11.6 Å². The summed E-state index contributed by atoms with van der Waals surface area (Å²) in [6.45, 7) is 0.240. The van der Waals surface area contributed by atoms with Crippen LogP contribution in [0.15, 0.2) is 66.4 Å². The molecule has 2 aromatic rings. The number of hydroxylamine groups is 2. The number of halogens is 4. The molecule has 0 fully saturated rings. The van der Waals surface area contributed by atoms with E-state index in [1.807, 2.05) is 30.3 Å². The molecule has 1 aliphatic rings. The fourth-order valence-electron chi connectivity index (χ4n) is 2.40. The van der Waals surface area contributed by atoms with Gasteiger partial charge in [0.25, 0.3) is 0 Å². The van der Waals surface area contributed by atoms with Gasteiger partial charge in [0.2, 0.25) is 5.76 Å². The molecule has 2 nitrogen and oxygen atoms in total. The predicted molar refractivity (Wildman–Crippen MR) is 81.4 cm³/mol. The zero-order valence-electron chi connectivity index (χ0n) is 11.9. The predicted octanol–water partition coefficient (Wildman–Crippen LogP) is 5.27. The summed E-state index contributed by atoms with van der Waals surface area (Å²) in [6, 6.07) is 15.3. The lowest BCUT2D eigenvalue weighted by Crippen LogP contribution is -2.24. The van der Waals surface area contributed by atoms with Gasteiger partial charge in [-0.05, 0) is 29.3 Å². The molecule has 3 rings (SSSR count). The first-order chi connectivity index (χ1) is 10.9. The van der Waals surface area contributed by atoms with E-state index in [-0.39, 0.29) is 6.54 Å². The second kappa shape index (κ2) is 6.26. The van der Waals surface area contributed by atoms with E-state index in [4.69, 9.17) is 16.4 Å². The van der Waals surface area contributed by atoms with Crippen molar-refractivity contribution in [3.63, 3.8) is 0 Å². The van der Waals surface area contributed by atoms with Crippen molar-refractivity contribution in [1.82, 2.24) is 5.06 Å².